The van der Waals surface area contributed by atoms with Crippen molar-refractivity contribution in [2.75, 3.05) is 6.54 Å². The number of rotatable bonds is 4. The van der Waals surface area contributed by atoms with E-state index >= 15 is 0 Å². The highest BCUT2D eigenvalue weighted by Gasteiger charge is 2.36. The molecule has 1 aliphatic rings. The van der Waals surface area contributed by atoms with Crippen LogP contribution in [-0.4, -0.2) is 34.2 Å². The van der Waals surface area contributed by atoms with Crippen LogP contribution in [0, 0.1) is 0 Å². The average Bonchev–Trinajstić information content (AvgIpc) is 3.09. The zero-order valence-electron chi connectivity index (χ0n) is 10.9. The normalized spacial score (nSPS) is 13.4. The van der Waals surface area contributed by atoms with Crippen LogP contribution in [0.25, 0.3) is 0 Å². The molecule has 0 saturated carbocycles. The molecule has 0 unspecified atom stereocenters. The number of nitrogens with one attached hydrogen (secondary N) is 1. The van der Waals surface area contributed by atoms with Crippen LogP contribution in [0.1, 0.15) is 25.7 Å². The lowest BCUT2D eigenvalue weighted by Crippen LogP contribution is -2.40. The molecule has 106 valence electrons. The lowest BCUT2D eigenvalue weighted by atomic mass is 10.1. The first-order chi connectivity index (χ1) is 10.2. The number of carbonyl (C=O) groups is 3. The van der Waals surface area contributed by atoms with Gasteiger partial charge in [0.25, 0.3) is 11.8 Å². The molecule has 1 aromatic heterocycles. The van der Waals surface area contributed by atoms with Crippen molar-refractivity contribution < 1.29 is 14.4 Å². The van der Waals surface area contributed by atoms with Crippen molar-refractivity contribution in [1.29, 1.82) is 0 Å². The molecule has 6 nitrogen and oxygen atoms in total. The van der Waals surface area contributed by atoms with Crippen molar-refractivity contribution in [3.63, 3.8) is 0 Å². The van der Waals surface area contributed by atoms with Crippen LogP contribution in [0.2, 0.25) is 0 Å². The fourth-order valence-electron chi connectivity index (χ4n) is 2.10. The topological polar surface area (TPSA) is 79.4 Å². The van der Waals surface area contributed by atoms with Crippen LogP contribution in [0.4, 0.5) is 0 Å². The molecule has 1 N–H and O–H groups in total. The Labute approximate surface area is 124 Å². The van der Waals surface area contributed by atoms with Gasteiger partial charge in [-0.1, -0.05) is 12.1 Å². The second kappa shape index (κ2) is 5.45. The molecule has 2 aromatic rings. The molecule has 0 aliphatic carbocycles. The van der Waals surface area contributed by atoms with Gasteiger partial charge < -0.3 is 5.32 Å². The van der Waals surface area contributed by atoms with Gasteiger partial charge >= 0.3 is 0 Å². The van der Waals surface area contributed by atoms with Crippen LogP contribution in [0.3, 0.4) is 0 Å². The van der Waals surface area contributed by atoms with Gasteiger partial charge in [-0.05, 0) is 12.1 Å². The van der Waals surface area contributed by atoms with Gasteiger partial charge in [-0.25, -0.2) is 4.98 Å². The van der Waals surface area contributed by atoms with E-state index in [2.05, 4.69) is 10.3 Å². The summed E-state index contributed by atoms with van der Waals surface area (Å²) in [5, 5.41) is 5.22. The summed E-state index contributed by atoms with van der Waals surface area (Å²) in [5.41, 5.74) is 0.686. The Morgan fingerprint density at radius 2 is 1.86 bits per heavy atom. The van der Waals surface area contributed by atoms with E-state index in [9.17, 15) is 14.4 Å². The quantitative estimate of drug-likeness (QED) is 0.856. The summed E-state index contributed by atoms with van der Waals surface area (Å²) >= 11 is 1.43. The molecular formula is C14H11N3O3S. The van der Waals surface area contributed by atoms with Crippen LogP contribution < -0.4 is 5.32 Å². The monoisotopic (exact) mass is 301 g/mol. The Balaban J connectivity index is 1.65. The number of hydrogen-bond acceptors (Lipinski definition) is 5. The number of imide groups is 1. The maximum Gasteiger partial charge on any atom is 0.262 e. The van der Waals surface area contributed by atoms with E-state index in [1.54, 1.807) is 30.5 Å². The van der Waals surface area contributed by atoms with Crippen molar-refractivity contribution >= 4 is 29.1 Å². The fraction of sp³-hybridized carbons (Fsp3) is 0.143. The van der Waals surface area contributed by atoms with Crippen LogP contribution in [0.5, 0.6) is 0 Å². The molecule has 0 saturated heterocycles. The second-order valence-corrected chi connectivity index (χ2v) is 5.42. The maximum absolute atomic E-state index is 12.1. The lowest BCUT2D eigenvalue weighted by molar-refractivity contribution is -0.121. The molecule has 3 rings (SSSR count). The third-order valence-corrected chi connectivity index (χ3v) is 3.88. The number of nitrogens with zero attached hydrogens (tertiary/aromatic N) is 2. The standard InChI is InChI=1S/C14H11N3O3S/c18-11(16-7-12-15-5-6-21-12)8-17-13(19)9-3-1-2-4-10(9)14(17)20/h1-6H,7-8H2,(H,16,18). The number of amides is 3. The average molecular weight is 301 g/mol. The molecule has 21 heavy (non-hydrogen) atoms. The van der Waals surface area contributed by atoms with Crippen molar-refractivity contribution in [2.45, 2.75) is 6.54 Å². The van der Waals surface area contributed by atoms with Crippen molar-refractivity contribution in [3.8, 4) is 0 Å². The molecule has 2 heterocycles. The minimum Gasteiger partial charge on any atom is -0.348 e. The first-order valence-electron chi connectivity index (χ1n) is 6.27. The highest BCUT2D eigenvalue weighted by atomic mass is 32.1. The van der Waals surface area contributed by atoms with Gasteiger partial charge in [0.15, 0.2) is 0 Å². The van der Waals surface area contributed by atoms with E-state index < -0.39 is 11.8 Å². The zero-order valence-corrected chi connectivity index (χ0v) is 11.7. The van der Waals surface area contributed by atoms with E-state index in [1.165, 1.54) is 11.3 Å². The molecule has 1 aromatic carbocycles. The Bertz CT molecular complexity index is 677. The summed E-state index contributed by atoms with van der Waals surface area (Å²) in [7, 11) is 0. The summed E-state index contributed by atoms with van der Waals surface area (Å²) in [6.07, 6.45) is 1.65. The summed E-state index contributed by atoms with van der Waals surface area (Å²) in [5.74, 6) is -1.25. The summed E-state index contributed by atoms with van der Waals surface area (Å²) in [4.78, 5) is 41.0. The lowest BCUT2D eigenvalue weighted by Gasteiger charge is -2.13. The number of fused-ring (bicyclic) bond motifs is 1. The molecular weight excluding hydrogens is 290 g/mol. The summed E-state index contributed by atoms with van der Waals surface area (Å²) < 4.78 is 0. The van der Waals surface area contributed by atoms with E-state index in [4.69, 9.17) is 0 Å². The second-order valence-electron chi connectivity index (χ2n) is 4.44. The predicted octanol–water partition coefficient (Wildman–Crippen LogP) is 1.06. The fourth-order valence-corrected chi connectivity index (χ4v) is 2.65. The van der Waals surface area contributed by atoms with E-state index in [-0.39, 0.29) is 12.5 Å². The van der Waals surface area contributed by atoms with Gasteiger partial charge in [0, 0.05) is 11.6 Å². The first-order valence-corrected chi connectivity index (χ1v) is 7.15. The van der Waals surface area contributed by atoms with Crippen LogP contribution >= 0.6 is 11.3 Å². The minimum atomic E-state index is -0.431. The number of carbonyl (C=O) groups excluding carboxylic acids is 3. The number of thiazole rings is 1. The van der Waals surface area contributed by atoms with Gasteiger partial charge in [-0.2, -0.15) is 0 Å². The molecule has 0 spiro atoms. The van der Waals surface area contributed by atoms with Gasteiger partial charge in [0.05, 0.1) is 17.7 Å². The van der Waals surface area contributed by atoms with E-state index in [0.29, 0.717) is 17.7 Å². The zero-order chi connectivity index (χ0) is 14.8. The summed E-state index contributed by atoms with van der Waals surface area (Å²) in [6, 6.07) is 6.55. The maximum atomic E-state index is 12.1. The summed E-state index contributed by atoms with van der Waals surface area (Å²) in [6.45, 7) is 0.0113. The third-order valence-electron chi connectivity index (χ3n) is 3.10. The van der Waals surface area contributed by atoms with Gasteiger partial charge in [0.2, 0.25) is 5.91 Å². The Morgan fingerprint density at radius 1 is 1.19 bits per heavy atom. The Hall–Kier alpha value is -2.54. The molecule has 0 atom stereocenters. The molecule has 7 heteroatoms. The SMILES string of the molecule is O=C(CN1C(=O)c2ccccc2C1=O)NCc1nccs1. The highest BCUT2D eigenvalue weighted by molar-refractivity contribution is 7.09. The predicted molar refractivity (Wildman–Crippen MR) is 75.8 cm³/mol. The smallest absolute Gasteiger partial charge is 0.262 e. The van der Waals surface area contributed by atoms with Crippen LogP contribution in [0.15, 0.2) is 35.8 Å². The largest absolute Gasteiger partial charge is 0.348 e. The van der Waals surface area contributed by atoms with Crippen molar-refractivity contribution in [3.05, 3.63) is 52.0 Å². The molecule has 0 fully saturated rings. The van der Waals surface area contributed by atoms with Crippen molar-refractivity contribution in [1.82, 2.24) is 15.2 Å². The van der Waals surface area contributed by atoms with Crippen molar-refractivity contribution in [2.24, 2.45) is 0 Å². The van der Waals surface area contributed by atoms with Gasteiger partial charge in [-0.15, -0.1) is 11.3 Å². The Morgan fingerprint density at radius 3 is 2.43 bits per heavy atom. The third kappa shape index (κ3) is 2.55. The molecule has 1 aliphatic heterocycles. The van der Waals surface area contributed by atoms with Gasteiger partial charge in [0.1, 0.15) is 11.6 Å². The number of aromatic nitrogens is 1. The highest BCUT2D eigenvalue weighted by Crippen LogP contribution is 2.21. The first kappa shape index (κ1) is 13.4. The number of benzene rings is 1. The Kier molecular flexibility index (Phi) is 3.49. The van der Waals surface area contributed by atoms with Crippen LogP contribution in [-0.2, 0) is 11.3 Å². The molecule has 3 amide bonds. The van der Waals surface area contributed by atoms with E-state index in [1.807, 2.05) is 5.38 Å². The van der Waals surface area contributed by atoms with Gasteiger partial charge in [-0.3, -0.25) is 19.3 Å². The molecule has 0 radical (unpaired) electrons. The van der Waals surface area contributed by atoms with E-state index in [0.717, 1.165) is 9.91 Å². The minimum absolute atomic E-state index is 0.280. The number of hydrogen-bond donors (Lipinski definition) is 1. The molecule has 0 bridgehead atoms.